The molecular weight excluding hydrogens is 745 g/mol. The Morgan fingerprint density at radius 3 is 0.468 bits per heavy atom. The van der Waals surface area contributed by atoms with Gasteiger partial charge in [-0.2, -0.15) is 0 Å². The summed E-state index contributed by atoms with van der Waals surface area (Å²) in [5.41, 5.74) is 13.0. The molecule has 0 unspecified atom stereocenters. The van der Waals surface area contributed by atoms with Crippen LogP contribution in [0, 0.1) is 82.9 Å². The first kappa shape index (κ1) is 39.5. The van der Waals surface area contributed by atoms with Crippen LogP contribution in [-0.2, 0) is 0 Å². The lowest BCUT2D eigenvalue weighted by Crippen LogP contribution is -1.82. The van der Waals surface area contributed by atoms with E-state index in [-0.39, 0.29) is 0 Å². The molecule has 0 bridgehead atoms. The second kappa shape index (κ2) is 20.4. The first-order chi connectivity index (χ1) is 30.6. The minimum Gasteiger partial charge on any atom is -0.0622 e. The van der Waals surface area contributed by atoms with Gasteiger partial charge in [-0.25, -0.2) is 0 Å². The van der Waals surface area contributed by atoms with Crippen molar-refractivity contribution in [3.63, 3.8) is 0 Å². The number of benzene rings is 8. The lowest BCUT2D eigenvalue weighted by molar-refractivity contribution is 1.56. The molecule has 8 aromatic rings. The number of hydrogen-bond donors (Lipinski definition) is 0. The van der Waals surface area contributed by atoms with E-state index in [9.17, 15) is 0 Å². The summed E-state index contributed by atoms with van der Waals surface area (Å²) in [7, 11) is 0. The summed E-state index contributed by atoms with van der Waals surface area (Å²) >= 11 is 0. The minimum atomic E-state index is 0.898. The molecule has 0 aliphatic heterocycles. The highest BCUT2D eigenvalue weighted by molar-refractivity contribution is 5.55. The van der Waals surface area contributed by atoms with Crippen LogP contribution in [0.2, 0.25) is 0 Å². The number of hydrogen-bond acceptors (Lipinski definition) is 0. The van der Waals surface area contributed by atoms with Crippen molar-refractivity contribution in [1.82, 2.24) is 0 Å². The quantitative estimate of drug-likeness (QED) is 0.135. The third-order valence-electron chi connectivity index (χ3n) is 9.25. The zero-order valence-electron chi connectivity index (χ0n) is 33.6. The Kier molecular flexibility index (Phi) is 13.0. The Labute approximate surface area is 365 Å². The molecule has 0 heterocycles. The van der Waals surface area contributed by atoms with E-state index in [1.807, 2.05) is 206 Å². The van der Waals surface area contributed by atoms with Gasteiger partial charge in [0.1, 0.15) is 0 Å². The van der Waals surface area contributed by atoms with E-state index < -0.39 is 0 Å². The maximum atomic E-state index is 3.28. The SMILES string of the molecule is C(#Cc1ccc(C#Cc2ccc(C#Cc3cccc(C#Cc4ccc(C#Cc5cccc(C#Cc6cccc(C#Cc7ccccc7)c6)c5)cc4)c3)cc2)cc1)c1ccccc1. The molecule has 0 aromatic heterocycles. The van der Waals surface area contributed by atoms with Gasteiger partial charge in [-0.15, -0.1) is 0 Å². The Bertz CT molecular complexity index is 3320. The predicted octanol–water partition coefficient (Wildman–Crippen LogP) is 11.5. The van der Waals surface area contributed by atoms with Crippen molar-refractivity contribution in [3.8, 4) is 82.9 Å². The monoisotopic (exact) mass is 778 g/mol. The van der Waals surface area contributed by atoms with Crippen molar-refractivity contribution in [2.45, 2.75) is 0 Å². The zero-order chi connectivity index (χ0) is 42.0. The van der Waals surface area contributed by atoms with Gasteiger partial charge >= 0.3 is 0 Å². The molecule has 0 amide bonds. The molecule has 0 fully saturated rings. The van der Waals surface area contributed by atoms with Gasteiger partial charge in [0.15, 0.2) is 0 Å². The van der Waals surface area contributed by atoms with Gasteiger partial charge in [0.05, 0.1) is 0 Å². The average molecular weight is 779 g/mol. The van der Waals surface area contributed by atoms with E-state index in [2.05, 4.69) is 82.9 Å². The molecule has 62 heavy (non-hydrogen) atoms. The molecule has 0 nitrogen and oxygen atoms in total. The van der Waals surface area contributed by atoms with E-state index in [4.69, 9.17) is 0 Å². The minimum absolute atomic E-state index is 0.898. The number of rotatable bonds is 0. The first-order valence-corrected chi connectivity index (χ1v) is 20.0. The topological polar surface area (TPSA) is 0 Å². The molecule has 0 aliphatic rings. The summed E-state index contributed by atoms with van der Waals surface area (Å²) in [6.45, 7) is 0. The van der Waals surface area contributed by atoms with Crippen molar-refractivity contribution in [2.24, 2.45) is 0 Å². The molecular formula is C62H34. The molecule has 0 saturated heterocycles. The van der Waals surface area contributed by atoms with Crippen LogP contribution in [0.15, 0.2) is 206 Å². The Morgan fingerprint density at radius 1 is 0.129 bits per heavy atom. The van der Waals surface area contributed by atoms with Crippen LogP contribution >= 0.6 is 0 Å². The van der Waals surface area contributed by atoms with Gasteiger partial charge in [-0.1, -0.05) is 137 Å². The summed E-state index contributed by atoms with van der Waals surface area (Å²) in [6.07, 6.45) is 0. The van der Waals surface area contributed by atoms with Crippen LogP contribution < -0.4 is 0 Å². The smallest absolute Gasteiger partial charge is 0.0261 e. The fourth-order valence-electron chi connectivity index (χ4n) is 5.99. The van der Waals surface area contributed by atoms with Gasteiger partial charge < -0.3 is 0 Å². The molecule has 0 radical (unpaired) electrons. The lowest BCUT2D eigenvalue weighted by atomic mass is 10.1. The molecule has 0 heteroatoms. The van der Waals surface area contributed by atoms with Crippen molar-refractivity contribution >= 4 is 0 Å². The van der Waals surface area contributed by atoms with E-state index in [1.54, 1.807) is 0 Å². The Balaban J connectivity index is 0.848. The van der Waals surface area contributed by atoms with Gasteiger partial charge in [0, 0.05) is 77.9 Å². The molecule has 0 N–H and O–H groups in total. The molecule has 282 valence electrons. The Morgan fingerprint density at radius 2 is 0.274 bits per heavy atom. The van der Waals surface area contributed by atoms with Crippen molar-refractivity contribution in [1.29, 1.82) is 0 Å². The molecule has 0 spiro atoms. The second-order valence-electron chi connectivity index (χ2n) is 14.0. The summed E-state index contributed by atoms with van der Waals surface area (Å²) in [4.78, 5) is 0. The fourth-order valence-corrected chi connectivity index (χ4v) is 5.99. The van der Waals surface area contributed by atoms with Crippen molar-refractivity contribution < 1.29 is 0 Å². The third-order valence-corrected chi connectivity index (χ3v) is 9.25. The predicted molar refractivity (Wildman–Crippen MR) is 253 cm³/mol. The van der Waals surface area contributed by atoms with Crippen LogP contribution in [-0.4, -0.2) is 0 Å². The average Bonchev–Trinajstić information content (AvgIpc) is 3.34. The lowest BCUT2D eigenvalue weighted by Gasteiger charge is -1.96. The summed E-state index contributed by atoms with van der Waals surface area (Å²) in [6, 6.07) is 67.9. The summed E-state index contributed by atoms with van der Waals surface area (Å²) in [5, 5.41) is 0. The highest BCUT2D eigenvalue weighted by Crippen LogP contribution is 2.10. The fraction of sp³-hybridized carbons (Fsp3) is 0. The molecule has 0 atom stereocenters. The van der Waals surface area contributed by atoms with Gasteiger partial charge in [-0.3, -0.25) is 0 Å². The zero-order valence-corrected chi connectivity index (χ0v) is 33.6. The maximum Gasteiger partial charge on any atom is 0.0261 e. The largest absolute Gasteiger partial charge is 0.0622 e. The van der Waals surface area contributed by atoms with Crippen molar-refractivity contribution in [3.05, 3.63) is 284 Å². The maximum absolute atomic E-state index is 3.28. The van der Waals surface area contributed by atoms with E-state index in [0.717, 1.165) is 77.9 Å². The van der Waals surface area contributed by atoms with Crippen LogP contribution in [0.25, 0.3) is 0 Å². The third kappa shape index (κ3) is 12.1. The van der Waals surface area contributed by atoms with E-state index in [1.165, 1.54) is 0 Å². The summed E-state index contributed by atoms with van der Waals surface area (Å²) < 4.78 is 0. The van der Waals surface area contributed by atoms with Crippen LogP contribution in [0.3, 0.4) is 0 Å². The molecule has 0 saturated carbocycles. The summed E-state index contributed by atoms with van der Waals surface area (Å²) in [5.74, 6) is 45.5. The standard InChI is InChI=1S/C62H34/c1-3-10-49(11-4-1)20-21-51-22-24-52(25-23-51)26-27-53-28-30-54(31-29-53)37-41-58-15-7-16-59(46-58)42-38-55-32-34-56(35-33-55)39-43-60-17-9-19-62(48-60)45-44-61-18-8-14-57(47-61)40-36-50-12-5-2-6-13-50/h1-19,22-25,28-35,46-48H. The van der Waals surface area contributed by atoms with Crippen molar-refractivity contribution in [2.75, 3.05) is 0 Å². The van der Waals surface area contributed by atoms with Crippen LogP contribution in [0.4, 0.5) is 0 Å². The molecule has 8 rings (SSSR count). The molecule has 0 aliphatic carbocycles. The molecule has 8 aromatic carbocycles. The van der Waals surface area contributed by atoms with Gasteiger partial charge in [0.25, 0.3) is 0 Å². The van der Waals surface area contributed by atoms with Crippen LogP contribution in [0.5, 0.6) is 0 Å². The Hall–Kier alpha value is -9.32. The normalized spacial score (nSPS) is 9.35. The first-order valence-electron chi connectivity index (χ1n) is 20.0. The van der Waals surface area contributed by atoms with Gasteiger partial charge in [-0.05, 0) is 152 Å². The highest BCUT2D eigenvalue weighted by atomic mass is 14.0. The second-order valence-corrected chi connectivity index (χ2v) is 14.0. The van der Waals surface area contributed by atoms with Crippen LogP contribution in [0.1, 0.15) is 77.9 Å². The van der Waals surface area contributed by atoms with E-state index >= 15 is 0 Å². The van der Waals surface area contributed by atoms with Gasteiger partial charge in [0.2, 0.25) is 0 Å². The van der Waals surface area contributed by atoms with E-state index in [0.29, 0.717) is 0 Å². The highest BCUT2D eigenvalue weighted by Gasteiger charge is 1.96.